The van der Waals surface area contributed by atoms with E-state index in [1.54, 1.807) is 6.20 Å². The van der Waals surface area contributed by atoms with Gasteiger partial charge in [-0.05, 0) is 43.5 Å². The van der Waals surface area contributed by atoms with Gasteiger partial charge < -0.3 is 9.29 Å². The average Bonchev–Trinajstić information content (AvgIpc) is 3.28. The third-order valence-electron chi connectivity index (χ3n) is 6.19. The smallest absolute Gasteiger partial charge is 0.322 e. The van der Waals surface area contributed by atoms with Gasteiger partial charge in [-0.2, -0.15) is 4.98 Å². The van der Waals surface area contributed by atoms with Crippen molar-refractivity contribution < 1.29 is 9.29 Å². The molecule has 1 unspecified atom stereocenters. The van der Waals surface area contributed by atoms with Gasteiger partial charge in [-0.25, -0.2) is 0 Å². The summed E-state index contributed by atoms with van der Waals surface area (Å²) in [7, 11) is 0. The summed E-state index contributed by atoms with van der Waals surface area (Å²) < 4.78 is 19.3. The largest absolute Gasteiger partial charge is 0.609 e. The molecule has 1 saturated heterocycles. The van der Waals surface area contributed by atoms with Gasteiger partial charge in [0, 0.05) is 42.6 Å². The molecular weight excluding hydrogens is 457 g/mol. The predicted molar refractivity (Wildman–Crippen MR) is 139 cm³/mol. The van der Waals surface area contributed by atoms with E-state index in [0.717, 1.165) is 60.5 Å². The number of pyridine rings is 1. The lowest BCUT2D eigenvalue weighted by Crippen LogP contribution is -2.37. The number of piperidine rings is 1. The molecule has 1 aliphatic heterocycles. The average molecular weight is 487 g/mol. The van der Waals surface area contributed by atoms with Crippen LogP contribution in [-0.4, -0.2) is 66.7 Å². The molecule has 2 aromatic carbocycles. The maximum absolute atomic E-state index is 13.0. The number of likely N-dealkylation sites (tertiary alicyclic amines) is 1. The summed E-state index contributed by atoms with van der Waals surface area (Å²) in [6.45, 7) is 5.02. The van der Waals surface area contributed by atoms with Crippen molar-refractivity contribution in [1.82, 2.24) is 19.9 Å². The number of fused-ring (bicyclic) bond motifs is 1. The van der Waals surface area contributed by atoms with Crippen molar-refractivity contribution in [2.75, 3.05) is 13.1 Å². The predicted octanol–water partition coefficient (Wildman–Crippen LogP) is 3.70. The van der Waals surface area contributed by atoms with Gasteiger partial charge in [-0.3, -0.25) is 14.9 Å². The highest BCUT2D eigenvalue weighted by molar-refractivity contribution is 7.90. The molecule has 6 nitrogen and oxygen atoms in total. The molecule has 2 aromatic heterocycles. The van der Waals surface area contributed by atoms with Gasteiger partial charge in [-0.1, -0.05) is 42.5 Å². The van der Waals surface area contributed by atoms with E-state index < -0.39 is 11.2 Å². The minimum Gasteiger partial charge on any atom is -0.609 e. The molecule has 8 heteroatoms. The van der Waals surface area contributed by atoms with Gasteiger partial charge in [0.25, 0.3) is 0 Å². The number of H-pyrrole nitrogens is 1. The molecule has 5 rings (SSSR count). The molecular formula is C26H30MgN4O2S. The standard InChI is InChI=1S/C26H28N4O2S.Mg.2H/c1-19-24(18-33(31)26-28-22-9-5-6-10-23(22)29-26)27-14-11-25(19)32-21-12-15-30(16-13-21)17-20-7-3-2-4-8-20;;;/h2-11,14,21H,12-13,15-18H2,1H3,(H,28,29);;;. The van der Waals surface area contributed by atoms with E-state index in [2.05, 4.69) is 50.2 Å². The number of imidazole rings is 1. The Hall–Kier alpha value is -2.10. The van der Waals surface area contributed by atoms with Crippen LogP contribution in [0.15, 0.2) is 72.0 Å². The van der Waals surface area contributed by atoms with E-state index in [1.807, 2.05) is 37.3 Å². The first kappa shape index (κ1) is 25.0. The molecule has 0 amide bonds. The number of benzene rings is 2. The Bertz CT molecular complexity index is 1180. The van der Waals surface area contributed by atoms with Gasteiger partial charge in [0.2, 0.25) is 0 Å². The number of aromatic amines is 1. The van der Waals surface area contributed by atoms with E-state index in [0.29, 0.717) is 10.9 Å². The van der Waals surface area contributed by atoms with Crippen LogP contribution in [0.25, 0.3) is 11.0 Å². The number of nitrogens with zero attached hydrogens (tertiary/aromatic N) is 3. The second-order valence-electron chi connectivity index (χ2n) is 8.51. The number of rotatable bonds is 7. The maximum Gasteiger partial charge on any atom is 0.322 e. The molecule has 1 aliphatic rings. The second kappa shape index (κ2) is 11.6. The van der Waals surface area contributed by atoms with Crippen LogP contribution in [0.1, 0.15) is 29.7 Å². The van der Waals surface area contributed by atoms with Gasteiger partial charge in [0.15, 0.2) is 5.75 Å². The molecule has 1 fully saturated rings. The van der Waals surface area contributed by atoms with Crippen LogP contribution in [0.3, 0.4) is 0 Å². The van der Waals surface area contributed by atoms with Crippen molar-refractivity contribution in [1.29, 1.82) is 0 Å². The SMILES string of the molecule is Cc1c(OC2CCN(Cc3ccccc3)CC2)ccnc1C[S+]([O-])c1nc2ccccc2[nH]1.[MgH2]. The topological polar surface area (TPSA) is 77.1 Å². The summed E-state index contributed by atoms with van der Waals surface area (Å²) in [5.74, 6) is 1.14. The lowest BCUT2D eigenvalue weighted by molar-refractivity contribution is 0.0961. The van der Waals surface area contributed by atoms with Crippen molar-refractivity contribution in [3.63, 3.8) is 0 Å². The molecule has 3 heterocycles. The van der Waals surface area contributed by atoms with Crippen LogP contribution < -0.4 is 4.74 Å². The van der Waals surface area contributed by atoms with Gasteiger partial charge in [0.1, 0.15) is 11.9 Å². The molecule has 1 atom stereocenters. The molecule has 0 aliphatic carbocycles. The van der Waals surface area contributed by atoms with E-state index in [1.165, 1.54) is 5.56 Å². The molecule has 0 saturated carbocycles. The van der Waals surface area contributed by atoms with Gasteiger partial charge in [0.05, 0.1) is 16.7 Å². The van der Waals surface area contributed by atoms with Gasteiger partial charge >= 0.3 is 28.2 Å². The fraction of sp³-hybridized carbons (Fsp3) is 0.308. The van der Waals surface area contributed by atoms with E-state index in [9.17, 15) is 4.55 Å². The second-order valence-corrected chi connectivity index (χ2v) is 9.88. The normalized spacial score (nSPS) is 15.7. The zero-order valence-corrected chi connectivity index (χ0v) is 19.6. The van der Waals surface area contributed by atoms with E-state index in [-0.39, 0.29) is 29.2 Å². The summed E-state index contributed by atoms with van der Waals surface area (Å²) in [6.07, 6.45) is 3.92. The number of hydrogen-bond acceptors (Lipinski definition) is 5. The zero-order valence-electron chi connectivity index (χ0n) is 18.7. The van der Waals surface area contributed by atoms with Crippen LogP contribution in [0.4, 0.5) is 0 Å². The van der Waals surface area contributed by atoms with Crippen molar-refractivity contribution in [2.24, 2.45) is 0 Å². The molecule has 34 heavy (non-hydrogen) atoms. The highest BCUT2D eigenvalue weighted by atomic mass is 32.2. The Balaban J connectivity index is 0.00000274. The number of para-hydroxylation sites is 2. The highest BCUT2D eigenvalue weighted by Crippen LogP contribution is 2.27. The summed E-state index contributed by atoms with van der Waals surface area (Å²) in [5.41, 5.74) is 4.80. The zero-order chi connectivity index (χ0) is 22.6. The Kier molecular flexibility index (Phi) is 8.49. The first-order valence-electron chi connectivity index (χ1n) is 11.4. The summed E-state index contributed by atoms with van der Waals surface area (Å²) in [5, 5.41) is 0.481. The summed E-state index contributed by atoms with van der Waals surface area (Å²) >= 11 is -1.31. The first-order chi connectivity index (χ1) is 16.2. The van der Waals surface area contributed by atoms with Crippen LogP contribution in [0, 0.1) is 6.92 Å². The van der Waals surface area contributed by atoms with Crippen molar-refractivity contribution in [3.05, 3.63) is 83.7 Å². The van der Waals surface area contributed by atoms with Crippen molar-refractivity contribution in [2.45, 2.75) is 43.3 Å². The Labute approximate surface area is 219 Å². The third-order valence-corrected chi connectivity index (χ3v) is 7.35. The number of ether oxygens (including phenoxy) is 1. The number of hydrogen-bond donors (Lipinski definition) is 1. The van der Waals surface area contributed by atoms with E-state index in [4.69, 9.17) is 4.74 Å². The van der Waals surface area contributed by atoms with Crippen molar-refractivity contribution >= 4 is 45.3 Å². The fourth-order valence-electron chi connectivity index (χ4n) is 4.27. The molecule has 0 radical (unpaired) electrons. The summed E-state index contributed by atoms with van der Waals surface area (Å²) in [6, 6.07) is 20.2. The lowest BCUT2D eigenvalue weighted by Gasteiger charge is -2.32. The quantitative estimate of drug-likeness (QED) is 0.318. The number of nitrogens with one attached hydrogen (secondary N) is 1. The molecule has 4 aromatic rings. The molecule has 0 spiro atoms. The summed E-state index contributed by atoms with van der Waals surface area (Å²) in [4.78, 5) is 14.6. The van der Waals surface area contributed by atoms with E-state index >= 15 is 0 Å². The number of aromatic nitrogens is 3. The Morgan fingerprint density at radius 3 is 2.56 bits per heavy atom. The van der Waals surface area contributed by atoms with Crippen molar-refractivity contribution in [3.8, 4) is 5.75 Å². The monoisotopic (exact) mass is 486 g/mol. The Morgan fingerprint density at radius 2 is 1.79 bits per heavy atom. The van der Waals surface area contributed by atoms with Crippen LogP contribution in [-0.2, 0) is 23.5 Å². The lowest BCUT2D eigenvalue weighted by atomic mass is 10.1. The third kappa shape index (κ3) is 5.93. The van der Waals surface area contributed by atoms with Gasteiger partial charge in [-0.15, -0.1) is 0 Å². The molecule has 0 bridgehead atoms. The van der Waals surface area contributed by atoms with Crippen LogP contribution in [0.2, 0.25) is 0 Å². The molecule has 174 valence electrons. The molecule has 1 N–H and O–H groups in total. The first-order valence-corrected chi connectivity index (χ1v) is 12.7. The fourth-order valence-corrected chi connectivity index (χ4v) is 5.37. The highest BCUT2D eigenvalue weighted by Gasteiger charge is 2.23. The minimum absolute atomic E-state index is 0. The Morgan fingerprint density at radius 1 is 1.06 bits per heavy atom. The van der Waals surface area contributed by atoms with Crippen LogP contribution in [0.5, 0.6) is 5.75 Å². The maximum atomic E-state index is 13.0. The minimum atomic E-state index is -1.31. The van der Waals surface area contributed by atoms with Crippen LogP contribution >= 0.6 is 0 Å².